The van der Waals surface area contributed by atoms with E-state index in [0.717, 1.165) is 27.6 Å². The van der Waals surface area contributed by atoms with Gasteiger partial charge in [-0.05, 0) is 19.5 Å². The van der Waals surface area contributed by atoms with Crippen LogP contribution < -0.4 is 5.73 Å². The molecule has 0 aliphatic heterocycles. The zero-order valence-corrected chi connectivity index (χ0v) is 11.7. The molecule has 1 aromatic heterocycles. The Hall–Kier alpha value is -0.610. The van der Waals surface area contributed by atoms with Gasteiger partial charge in [0.25, 0.3) is 0 Å². The van der Waals surface area contributed by atoms with Gasteiger partial charge >= 0.3 is 0 Å². The minimum atomic E-state index is 0.553. The van der Waals surface area contributed by atoms with Crippen molar-refractivity contribution in [3.8, 4) is 11.3 Å². The number of hydrogen-bond donors (Lipinski definition) is 1. The highest BCUT2D eigenvalue weighted by atomic mass is 35.5. The maximum atomic E-state index is 6.19. The van der Waals surface area contributed by atoms with Gasteiger partial charge in [-0.3, -0.25) is 0 Å². The molecule has 1 heterocycles. The van der Waals surface area contributed by atoms with Crippen molar-refractivity contribution in [2.24, 2.45) is 5.73 Å². The summed E-state index contributed by atoms with van der Waals surface area (Å²) in [6.45, 7) is 2.64. The third-order valence-electron chi connectivity index (χ3n) is 2.41. The summed E-state index contributed by atoms with van der Waals surface area (Å²) in [6.07, 6.45) is 0.795. The van der Waals surface area contributed by atoms with Crippen LogP contribution in [0.1, 0.15) is 9.88 Å². The zero-order valence-electron chi connectivity index (χ0n) is 9.34. The Labute approximate surface area is 114 Å². The monoisotopic (exact) mass is 286 g/mol. The van der Waals surface area contributed by atoms with Crippen LogP contribution in [-0.2, 0) is 6.42 Å². The molecule has 2 aromatic rings. The minimum Gasteiger partial charge on any atom is -0.330 e. The van der Waals surface area contributed by atoms with Crippen molar-refractivity contribution >= 4 is 34.5 Å². The van der Waals surface area contributed by atoms with Gasteiger partial charge in [-0.1, -0.05) is 35.3 Å². The molecule has 1 aromatic carbocycles. The first-order valence-corrected chi connectivity index (χ1v) is 6.81. The maximum absolute atomic E-state index is 6.19. The molecule has 2 nitrogen and oxygen atoms in total. The summed E-state index contributed by atoms with van der Waals surface area (Å²) < 4.78 is 0. The van der Waals surface area contributed by atoms with Crippen molar-refractivity contribution in [2.45, 2.75) is 13.3 Å². The van der Waals surface area contributed by atoms with Crippen LogP contribution >= 0.6 is 34.5 Å². The van der Waals surface area contributed by atoms with Gasteiger partial charge in [0, 0.05) is 16.9 Å². The molecule has 0 bridgehead atoms. The number of halogens is 2. The lowest BCUT2D eigenvalue weighted by molar-refractivity contribution is 0.954. The number of aromatic nitrogens is 1. The Kier molecular flexibility index (Phi) is 4.05. The maximum Gasteiger partial charge on any atom is 0.0947 e. The van der Waals surface area contributed by atoms with Gasteiger partial charge in [0.1, 0.15) is 0 Å². The highest BCUT2D eigenvalue weighted by molar-refractivity contribution is 7.12. The normalized spacial score (nSPS) is 10.8. The van der Waals surface area contributed by atoms with E-state index in [9.17, 15) is 0 Å². The fourth-order valence-electron chi connectivity index (χ4n) is 1.62. The molecule has 2 rings (SSSR count). The molecule has 5 heteroatoms. The number of thiazole rings is 1. The second-order valence-electron chi connectivity index (χ2n) is 3.65. The number of nitrogens with two attached hydrogens (primary N) is 1. The van der Waals surface area contributed by atoms with E-state index < -0.39 is 0 Å². The molecule has 0 radical (unpaired) electrons. The lowest BCUT2D eigenvalue weighted by atomic mass is 10.1. The van der Waals surface area contributed by atoms with E-state index in [4.69, 9.17) is 28.9 Å². The topological polar surface area (TPSA) is 38.9 Å². The van der Waals surface area contributed by atoms with Gasteiger partial charge in [0.15, 0.2) is 0 Å². The second-order valence-corrected chi connectivity index (χ2v) is 5.73. The van der Waals surface area contributed by atoms with Crippen LogP contribution in [0.15, 0.2) is 18.2 Å². The average Bonchev–Trinajstić information content (AvgIpc) is 2.64. The summed E-state index contributed by atoms with van der Waals surface area (Å²) in [5.74, 6) is 0. The van der Waals surface area contributed by atoms with Gasteiger partial charge in [-0.2, -0.15) is 0 Å². The largest absolute Gasteiger partial charge is 0.330 e. The first kappa shape index (κ1) is 12.8. The Bertz CT molecular complexity index is 537. The second kappa shape index (κ2) is 5.36. The Morgan fingerprint density at radius 2 is 2.12 bits per heavy atom. The van der Waals surface area contributed by atoms with E-state index in [0.29, 0.717) is 16.6 Å². The van der Waals surface area contributed by atoms with Crippen molar-refractivity contribution in [1.29, 1.82) is 0 Å². The number of aryl methyl sites for hydroxylation is 1. The summed E-state index contributed by atoms with van der Waals surface area (Å²) in [5, 5.41) is 2.15. The smallest absolute Gasteiger partial charge is 0.0947 e. The first-order valence-electron chi connectivity index (χ1n) is 5.24. The van der Waals surface area contributed by atoms with Crippen LogP contribution in [0.3, 0.4) is 0 Å². The van der Waals surface area contributed by atoms with Crippen LogP contribution in [-0.4, -0.2) is 11.5 Å². The quantitative estimate of drug-likeness (QED) is 0.929. The number of rotatable bonds is 3. The average molecular weight is 287 g/mol. The molecule has 0 fully saturated rings. The fraction of sp³-hybridized carbons (Fsp3) is 0.250. The van der Waals surface area contributed by atoms with E-state index >= 15 is 0 Å². The zero-order chi connectivity index (χ0) is 12.4. The predicted octanol–water partition coefficient (Wildman–Crippen LogP) is 3.93. The van der Waals surface area contributed by atoms with Gasteiger partial charge in [0.2, 0.25) is 0 Å². The molecule has 2 N–H and O–H groups in total. The van der Waals surface area contributed by atoms with Crippen molar-refractivity contribution in [2.75, 3.05) is 6.54 Å². The van der Waals surface area contributed by atoms with Crippen LogP contribution in [0.25, 0.3) is 11.3 Å². The minimum absolute atomic E-state index is 0.553. The summed E-state index contributed by atoms with van der Waals surface area (Å²) >= 11 is 13.9. The highest BCUT2D eigenvalue weighted by Gasteiger charge is 2.13. The predicted molar refractivity (Wildman–Crippen MR) is 75.1 cm³/mol. The lowest BCUT2D eigenvalue weighted by Crippen LogP contribution is -2.01. The molecule has 0 aliphatic carbocycles. The molecule has 0 spiro atoms. The lowest BCUT2D eigenvalue weighted by Gasteiger charge is -2.03. The Balaban J connectivity index is 2.49. The first-order chi connectivity index (χ1) is 8.13. The van der Waals surface area contributed by atoms with E-state index in [1.165, 1.54) is 0 Å². The van der Waals surface area contributed by atoms with E-state index in [-0.39, 0.29) is 0 Å². The Morgan fingerprint density at radius 1 is 1.35 bits per heavy atom. The van der Waals surface area contributed by atoms with E-state index in [1.54, 1.807) is 17.4 Å². The summed E-state index contributed by atoms with van der Waals surface area (Å²) in [5.41, 5.74) is 7.33. The van der Waals surface area contributed by atoms with Crippen LogP contribution in [0.4, 0.5) is 0 Å². The van der Waals surface area contributed by atoms with E-state index in [1.807, 2.05) is 19.1 Å². The molecule has 0 amide bonds. The van der Waals surface area contributed by atoms with Crippen LogP contribution in [0, 0.1) is 6.92 Å². The van der Waals surface area contributed by atoms with Crippen molar-refractivity contribution in [1.82, 2.24) is 4.98 Å². The van der Waals surface area contributed by atoms with Gasteiger partial charge in [0.05, 0.1) is 20.7 Å². The SMILES string of the molecule is Cc1sc(CCN)nc1-c1cccc(Cl)c1Cl. The summed E-state index contributed by atoms with van der Waals surface area (Å²) in [6, 6.07) is 5.59. The van der Waals surface area contributed by atoms with Crippen LogP contribution in [0.5, 0.6) is 0 Å². The van der Waals surface area contributed by atoms with Crippen LogP contribution in [0.2, 0.25) is 10.0 Å². The molecule has 0 saturated heterocycles. The third kappa shape index (κ3) is 2.63. The molecular formula is C12H12Cl2N2S. The molecule has 0 saturated carbocycles. The standard InChI is InChI=1S/C12H12Cl2N2S/c1-7-12(16-10(17-7)5-6-15)8-3-2-4-9(13)11(8)14/h2-4H,5-6,15H2,1H3. The summed E-state index contributed by atoms with van der Waals surface area (Å²) in [7, 11) is 0. The number of hydrogen-bond acceptors (Lipinski definition) is 3. The van der Waals surface area contributed by atoms with Crippen molar-refractivity contribution in [3.63, 3.8) is 0 Å². The van der Waals surface area contributed by atoms with E-state index in [2.05, 4.69) is 4.98 Å². The Morgan fingerprint density at radius 3 is 2.82 bits per heavy atom. The number of nitrogens with zero attached hydrogens (tertiary/aromatic N) is 1. The van der Waals surface area contributed by atoms with Crippen molar-refractivity contribution in [3.05, 3.63) is 38.1 Å². The van der Waals surface area contributed by atoms with Crippen molar-refractivity contribution < 1.29 is 0 Å². The molecule has 17 heavy (non-hydrogen) atoms. The molecule has 0 atom stereocenters. The number of benzene rings is 1. The molecule has 0 aliphatic rings. The van der Waals surface area contributed by atoms with Gasteiger partial charge in [-0.25, -0.2) is 4.98 Å². The molecule has 0 unspecified atom stereocenters. The molecule has 90 valence electrons. The summed E-state index contributed by atoms with van der Waals surface area (Å²) in [4.78, 5) is 5.70. The third-order valence-corrected chi connectivity index (χ3v) is 4.26. The molecular weight excluding hydrogens is 275 g/mol. The van der Waals surface area contributed by atoms with Gasteiger partial charge < -0.3 is 5.73 Å². The van der Waals surface area contributed by atoms with Gasteiger partial charge in [-0.15, -0.1) is 11.3 Å². The fourth-order valence-corrected chi connectivity index (χ4v) is 2.97. The highest BCUT2D eigenvalue weighted by Crippen LogP contribution is 2.36.